The van der Waals surface area contributed by atoms with Crippen molar-refractivity contribution in [1.82, 2.24) is 10.7 Å². The van der Waals surface area contributed by atoms with Crippen molar-refractivity contribution in [1.29, 1.82) is 0 Å². The van der Waals surface area contributed by atoms with Crippen LogP contribution in [0.3, 0.4) is 0 Å². The number of benzene rings is 1. The van der Waals surface area contributed by atoms with Crippen LogP contribution in [-0.4, -0.2) is 44.3 Å². The van der Waals surface area contributed by atoms with E-state index in [9.17, 15) is 9.59 Å². The molecule has 8 nitrogen and oxygen atoms in total. The molecule has 27 heavy (non-hydrogen) atoms. The molecule has 2 amide bonds. The quantitative estimate of drug-likeness (QED) is 0.302. The molecule has 0 spiro atoms. The van der Waals surface area contributed by atoms with E-state index in [2.05, 4.69) is 16.1 Å². The number of hydrogen-bond donors (Lipinski definition) is 4. The van der Waals surface area contributed by atoms with Crippen molar-refractivity contribution in [3.63, 3.8) is 0 Å². The number of hydrogen-bond acceptors (Lipinski definition) is 7. The van der Waals surface area contributed by atoms with Crippen LogP contribution < -0.4 is 26.8 Å². The van der Waals surface area contributed by atoms with E-state index in [4.69, 9.17) is 22.2 Å². The van der Waals surface area contributed by atoms with E-state index in [1.807, 2.05) is 24.3 Å². The number of rotatable bonds is 8. The third kappa shape index (κ3) is 5.10. The largest absolute Gasteiger partial charge is 0.442 e. The molecule has 1 aliphatic rings. The monoisotopic (exact) mass is 409 g/mol. The molecule has 1 saturated heterocycles. The number of nitrogens with one attached hydrogen (secondary N) is 3. The number of nitrogens with two attached hydrogens (primary N) is 1. The summed E-state index contributed by atoms with van der Waals surface area (Å²) in [5, 5.41) is 5.97. The SMILES string of the molecule is NNCCNc1ccc(N2C[C@H](CNC(=O)c3ccc(Cl)s3)OC2=O)cc1. The number of amides is 2. The maximum absolute atomic E-state index is 12.1. The van der Waals surface area contributed by atoms with Gasteiger partial charge in [-0.1, -0.05) is 11.6 Å². The van der Waals surface area contributed by atoms with Crippen LogP contribution in [0.2, 0.25) is 4.34 Å². The number of anilines is 2. The highest BCUT2D eigenvalue weighted by Crippen LogP contribution is 2.24. The Morgan fingerprint density at radius 3 is 2.70 bits per heavy atom. The van der Waals surface area contributed by atoms with Crippen molar-refractivity contribution in [3.8, 4) is 0 Å². The Kier molecular flexibility index (Phi) is 6.51. The predicted molar refractivity (Wildman–Crippen MR) is 106 cm³/mol. The molecule has 0 bridgehead atoms. The number of nitrogens with zero attached hydrogens (tertiary/aromatic N) is 1. The standard InChI is InChI=1S/C17H20ClN5O3S/c18-15-6-5-14(27-15)16(24)21-9-13-10-23(17(25)26-13)12-3-1-11(2-4-12)20-7-8-22-19/h1-6,13,20,22H,7-10,19H2,(H,21,24)/t13-/m0/s1. The van der Waals surface area contributed by atoms with Crippen LogP contribution in [0.15, 0.2) is 36.4 Å². The molecule has 0 radical (unpaired) electrons. The second-order valence-electron chi connectivity index (χ2n) is 5.86. The number of halogens is 1. The average molecular weight is 410 g/mol. The molecule has 144 valence electrons. The van der Waals surface area contributed by atoms with Crippen LogP contribution in [-0.2, 0) is 4.74 Å². The Hall–Kier alpha value is -2.33. The third-order valence-corrected chi connectivity index (χ3v) is 5.17. The van der Waals surface area contributed by atoms with Crippen LogP contribution in [0, 0.1) is 0 Å². The fourth-order valence-electron chi connectivity index (χ4n) is 2.61. The normalized spacial score (nSPS) is 16.3. The lowest BCUT2D eigenvalue weighted by atomic mass is 10.2. The summed E-state index contributed by atoms with van der Waals surface area (Å²) in [6.45, 7) is 1.95. The first-order chi connectivity index (χ1) is 13.1. The minimum Gasteiger partial charge on any atom is -0.442 e. The zero-order chi connectivity index (χ0) is 19.2. The summed E-state index contributed by atoms with van der Waals surface area (Å²) in [6.07, 6.45) is -0.841. The van der Waals surface area contributed by atoms with Gasteiger partial charge in [-0.2, -0.15) is 0 Å². The Balaban J connectivity index is 1.51. The summed E-state index contributed by atoms with van der Waals surface area (Å²) in [7, 11) is 0. The van der Waals surface area contributed by atoms with Crippen LogP contribution in [0.5, 0.6) is 0 Å². The van der Waals surface area contributed by atoms with Gasteiger partial charge in [0.15, 0.2) is 0 Å². The molecule has 2 aromatic rings. The molecule has 1 aromatic carbocycles. The Bertz CT molecular complexity index is 798. The zero-order valence-corrected chi connectivity index (χ0v) is 16.0. The van der Waals surface area contributed by atoms with Crippen LogP contribution in [0.1, 0.15) is 9.67 Å². The topological polar surface area (TPSA) is 109 Å². The Labute approximate surface area is 165 Å². The maximum atomic E-state index is 12.1. The summed E-state index contributed by atoms with van der Waals surface area (Å²) in [6, 6.07) is 10.8. The lowest BCUT2D eigenvalue weighted by Gasteiger charge is -2.14. The summed E-state index contributed by atoms with van der Waals surface area (Å²) < 4.78 is 5.89. The first-order valence-corrected chi connectivity index (χ1v) is 9.55. The fraction of sp³-hybridized carbons (Fsp3) is 0.294. The van der Waals surface area contributed by atoms with Gasteiger partial charge in [0.2, 0.25) is 0 Å². The molecule has 0 saturated carbocycles. The summed E-state index contributed by atoms with van der Waals surface area (Å²) >= 11 is 7.04. The number of carbonyl (C=O) groups excluding carboxylic acids is 2. The van der Waals surface area contributed by atoms with Crippen molar-refractivity contribution in [2.45, 2.75) is 6.10 Å². The minimum atomic E-state index is -0.429. The van der Waals surface area contributed by atoms with Crippen LogP contribution in [0.25, 0.3) is 0 Å². The van der Waals surface area contributed by atoms with Gasteiger partial charge in [0.05, 0.1) is 22.3 Å². The molecule has 1 fully saturated rings. The van der Waals surface area contributed by atoms with Gasteiger partial charge in [0, 0.05) is 24.5 Å². The maximum Gasteiger partial charge on any atom is 0.414 e. The lowest BCUT2D eigenvalue weighted by molar-refractivity contribution is 0.0920. The van der Waals surface area contributed by atoms with Gasteiger partial charge in [-0.25, -0.2) is 4.79 Å². The van der Waals surface area contributed by atoms with E-state index < -0.39 is 12.2 Å². The molecule has 1 atom stereocenters. The van der Waals surface area contributed by atoms with E-state index in [-0.39, 0.29) is 12.5 Å². The Morgan fingerprint density at radius 1 is 1.26 bits per heavy atom. The number of thiophene rings is 1. The highest BCUT2D eigenvalue weighted by molar-refractivity contribution is 7.17. The van der Waals surface area contributed by atoms with Gasteiger partial charge in [-0.3, -0.25) is 21.0 Å². The molecule has 0 unspecified atom stereocenters. The van der Waals surface area contributed by atoms with E-state index >= 15 is 0 Å². The summed E-state index contributed by atoms with van der Waals surface area (Å²) in [4.78, 5) is 26.3. The van der Waals surface area contributed by atoms with Crippen molar-refractivity contribution in [3.05, 3.63) is 45.6 Å². The predicted octanol–water partition coefficient (Wildman–Crippen LogP) is 2.03. The first kappa shape index (κ1) is 19.4. The summed E-state index contributed by atoms with van der Waals surface area (Å²) in [5.41, 5.74) is 4.24. The summed E-state index contributed by atoms with van der Waals surface area (Å²) in [5.74, 6) is 4.99. The van der Waals surface area contributed by atoms with E-state index in [1.54, 1.807) is 17.0 Å². The van der Waals surface area contributed by atoms with Gasteiger partial charge in [0.1, 0.15) is 6.10 Å². The van der Waals surface area contributed by atoms with E-state index in [1.165, 1.54) is 11.3 Å². The van der Waals surface area contributed by atoms with E-state index in [0.29, 0.717) is 28.8 Å². The van der Waals surface area contributed by atoms with E-state index in [0.717, 1.165) is 11.4 Å². The molecule has 1 aliphatic heterocycles. The number of hydrazine groups is 1. The Morgan fingerprint density at radius 2 is 2.04 bits per heavy atom. The third-order valence-electron chi connectivity index (χ3n) is 3.94. The first-order valence-electron chi connectivity index (χ1n) is 8.36. The van der Waals surface area contributed by atoms with Crippen LogP contribution >= 0.6 is 22.9 Å². The van der Waals surface area contributed by atoms with Gasteiger partial charge in [-0.15, -0.1) is 11.3 Å². The zero-order valence-electron chi connectivity index (χ0n) is 14.4. The molecule has 2 heterocycles. The number of cyclic esters (lactones) is 1. The van der Waals surface area contributed by atoms with Crippen molar-refractivity contribution >= 4 is 46.3 Å². The van der Waals surface area contributed by atoms with Gasteiger partial charge >= 0.3 is 6.09 Å². The highest BCUT2D eigenvalue weighted by Gasteiger charge is 2.32. The van der Waals surface area contributed by atoms with Crippen molar-refractivity contribution < 1.29 is 14.3 Å². The van der Waals surface area contributed by atoms with Gasteiger partial charge < -0.3 is 15.4 Å². The number of carbonyl (C=O) groups is 2. The second kappa shape index (κ2) is 9.05. The molecular weight excluding hydrogens is 390 g/mol. The number of ether oxygens (including phenoxy) is 1. The second-order valence-corrected chi connectivity index (χ2v) is 7.57. The smallest absolute Gasteiger partial charge is 0.414 e. The minimum absolute atomic E-state index is 0.233. The fourth-order valence-corrected chi connectivity index (χ4v) is 3.57. The average Bonchev–Trinajstić information content (AvgIpc) is 3.26. The molecule has 10 heteroatoms. The van der Waals surface area contributed by atoms with Crippen LogP contribution in [0.4, 0.5) is 16.2 Å². The van der Waals surface area contributed by atoms with Crippen molar-refractivity contribution in [2.24, 2.45) is 5.84 Å². The molecular formula is C17H20ClN5O3S. The molecule has 0 aliphatic carbocycles. The lowest BCUT2D eigenvalue weighted by Crippen LogP contribution is -2.34. The van der Waals surface area contributed by atoms with Gasteiger partial charge in [0.25, 0.3) is 5.91 Å². The highest BCUT2D eigenvalue weighted by atomic mass is 35.5. The molecule has 5 N–H and O–H groups in total. The molecule has 1 aromatic heterocycles. The van der Waals surface area contributed by atoms with Gasteiger partial charge in [-0.05, 0) is 36.4 Å². The van der Waals surface area contributed by atoms with Crippen molar-refractivity contribution in [2.75, 3.05) is 36.4 Å². The molecule has 3 rings (SSSR count).